The van der Waals surface area contributed by atoms with Crippen molar-refractivity contribution in [2.45, 2.75) is 25.6 Å². The molecule has 0 aromatic heterocycles. The van der Waals surface area contributed by atoms with E-state index in [0.29, 0.717) is 29.6 Å². The first-order valence-corrected chi connectivity index (χ1v) is 9.26. The summed E-state index contributed by atoms with van der Waals surface area (Å²) < 4.78 is 0. The second-order valence-corrected chi connectivity index (χ2v) is 7.55. The minimum absolute atomic E-state index is 0.0590. The van der Waals surface area contributed by atoms with E-state index in [1.165, 1.54) is 21.9 Å². The third kappa shape index (κ3) is 3.30. The number of halogens is 2. The van der Waals surface area contributed by atoms with Crippen LogP contribution < -0.4 is 5.73 Å². The van der Waals surface area contributed by atoms with Crippen molar-refractivity contribution >= 4 is 39.9 Å². The van der Waals surface area contributed by atoms with Gasteiger partial charge in [0.15, 0.2) is 0 Å². The van der Waals surface area contributed by atoms with Crippen LogP contribution in [-0.4, -0.2) is 16.8 Å². The van der Waals surface area contributed by atoms with E-state index in [0.717, 1.165) is 5.56 Å². The van der Waals surface area contributed by atoms with Crippen LogP contribution in [0.5, 0.6) is 0 Å². The molecule has 3 aromatic carbocycles. The van der Waals surface area contributed by atoms with Gasteiger partial charge in [0.2, 0.25) is 5.91 Å². The molecule has 0 saturated carbocycles. The number of amides is 1. The zero-order chi connectivity index (χ0) is 18.3. The summed E-state index contributed by atoms with van der Waals surface area (Å²) in [6.45, 7) is 1.20. The van der Waals surface area contributed by atoms with Gasteiger partial charge in [-0.25, -0.2) is 0 Å². The Balaban J connectivity index is 1.50. The molecule has 1 aliphatic heterocycles. The number of fused-ring (bicyclic) bond motifs is 2. The Bertz CT molecular complexity index is 958. The van der Waals surface area contributed by atoms with Crippen LogP contribution in [-0.2, 0) is 24.3 Å². The first-order valence-electron chi connectivity index (χ1n) is 8.50. The molecule has 0 spiro atoms. The lowest BCUT2D eigenvalue weighted by atomic mass is 10.0. The zero-order valence-corrected chi connectivity index (χ0v) is 15.6. The minimum atomic E-state index is -0.627. The summed E-state index contributed by atoms with van der Waals surface area (Å²) >= 11 is 12.1. The molecule has 0 bridgehead atoms. The maximum atomic E-state index is 12.8. The average Bonchev–Trinajstić information content (AvgIpc) is 3.04. The van der Waals surface area contributed by atoms with Gasteiger partial charge in [0.05, 0.1) is 6.04 Å². The van der Waals surface area contributed by atoms with Crippen molar-refractivity contribution < 1.29 is 4.79 Å². The normalized spacial score (nSPS) is 14.5. The predicted molar refractivity (Wildman–Crippen MR) is 106 cm³/mol. The molecule has 1 heterocycles. The average molecular weight is 385 g/mol. The highest BCUT2D eigenvalue weighted by Crippen LogP contribution is 2.29. The Kier molecular flexibility index (Phi) is 4.62. The lowest BCUT2D eigenvalue weighted by molar-refractivity contribution is -0.133. The van der Waals surface area contributed by atoms with E-state index in [1.807, 2.05) is 23.1 Å². The monoisotopic (exact) mass is 384 g/mol. The molecule has 5 heteroatoms. The molecule has 1 aliphatic rings. The molecule has 0 unspecified atom stereocenters. The molecule has 1 amide bonds. The molecule has 132 valence electrons. The van der Waals surface area contributed by atoms with Crippen molar-refractivity contribution in [1.29, 1.82) is 0 Å². The Morgan fingerprint density at radius 1 is 1.00 bits per heavy atom. The highest BCUT2D eigenvalue weighted by molar-refractivity contribution is 6.35. The summed E-state index contributed by atoms with van der Waals surface area (Å²) in [5, 5.41) is 3.49. The third-order valence-corrected chi connectivity index (χ3v) is 5.46. The number of hydrogen-bond acceptors (Lipinski definition) is 2. The number of nitrogens with two attached hydrogens (primary N) is 1. The highest BCUT2D eigenvalue weighted by Gasteiger charge is 2.28. The van der Waals surface area contributed by atoms with E-state index >= 15 is 0 Å². The van der Waals surface area contributed by atoms with Crippen molar-refractivity contribution in [3.05, 3.63) is 81.3 Å². The third-order valence-electron chi connectivity index (χ3n) is 4.87. The second-order valence-electron chi connectivity index (χ2n) is 6.71. The number of hydrogen-bond donors (Lipinski definition) is 1. The standard InChI is InChI=1S/C21H18Cl2N2O/c22-18-6-5-15(19(23)10-18)9-20(24)21(26)25-11-16-7-13-3-1-2-4-14(13)8-17(16)12-25/h1-8,10,20H,9,11-12,24H2/t20-/m1/s1. The Morgan fingerprint density at radius 3 is 2.19 bits per heavy atom. The molecular weight excluding hydrogens is 367 g/mol. The topological polar surface area (TPSA) is 46.3 Å². The van der Waals surface area contributed by atoms with Crippen LogP contribution in [0.15, 0.2) is 54.6 Å². The van der Waals surface area contributed by atoms with Crippen molar-refractivity contribution in [1.82, 2.24) is 4.90 Å². The summed E-state index contributed by atoms with van der Waals surface area (Å²) in [4.78, 5) is 14.6. The summed E-state index contributed by atoms with van der Waals surface area (Å²) in [6.07, 6.45) is 0.393. The highest BCUT2D eigenvalue weighted by atomic mass is 35.5. The van der Waals surface area contributed by atoms with Crippen LogP contribution in [0.1, 0.15) is 16.7 Å². The molecule has 4 rings (SSSR count). The van der Waals surface area contributed by atoms with Crippen molar-refractivity contribution in [3.63, 3.8) is 0 Å². The lowest BCUT2D eigenvalue weighted by Crippen LogP contribution is -2.42. The van der Waals surface area contributed by atoms with E-state index in [1.54, 1.807) is 12.1 Å². The molecule has 2 N–H and O–H groups in total. The van der Waals surface area contributed by atoms with Gasteiger partial charge < -0.3 is 10.6 Å². The molecule has 3 nitrogen and oxygen atoms in total. The van der Waals surface area contributed by atoms with Gasteiger partial charge in [-0.1, -0.05) is 53.5 Å². The molecule has 0 saturated heterocycles. The van der Waals surface area contributed by atoms with Gasteiger partial charge in [0, 0.05) is 23.1 Å². The molecule has 0 radical (unpaired) electrons. The van der Waals surface area contributed by atoms with Gasteiger partial charge in [-0.2, -0.15) is 0 Å². The SMILES string of the molecule is N[C@H](Cc1ccc(Cl)cc1Cl)C(=O)N1Cc2cc3ccccc3cc2C1. The predicted octanol–water partition coefficient (Wildman–Crippen LogP) is 4.56. The molecule has 0 fully saturated rings. The zero-order valence-electron chi connectivity index (χ0n) is 14.1. The second kappa shape index (κ2) is 6.92. The molecule has 26 heavy (non-hydrogen) atoms. The molecule has 0 aliphatic carbocycles. The van der Waals surface area contributed by atoms with E-state index in [9.17, 15) is 4.79 Å². The van der Waals surface area contributed by atoms with Crippen molar-refractivity contribution in [3.8, 4) is 0 Å². The summed E-state index contributed by atoms with van der Waals surface area (Å²) in [5.41, 5.74) is 9.40. The number of nitrogens with zero attached hydrogens (tertiary/aromatic N) is 1. The van der Waals surface area contributed by atoms with Crippen LogP contribution in [0.3, 0.4) is 0 Å². The van der Waals surface area contributed by atoms with Gasteiger partial charge in [-0.15, -0.1) is 0 Å². The largest absolute Gasteiger partial charge is 0.333 e. The van der Waals surface area contributed by atoms with Crippen molar-refractivity contribution in [2.24, 2.45) is 5.73 Å². The summed E-state index contributed by atoms with van der Waals surface area (Å²) in [6, 6.07) is 17.2. The fourth-order valence-electron chi connectivity index (χ4n) is 3.50. The molecule has 1 atom stereocenters. The van der Waals surface area contributed by atoms with Crippen LogP contribution in [0.2, 0.25) is 10.0 Å². The first kappa shape index (κ1) is 17.3. The fourth-order valence-corrected chi connectivity index (χ4v) is 3.98. The maximum absolute atomic E-state index is 12.8. The van der Waals surface area contributed by atoms with Crippen molar-refractivity contribution in [2.75, 3.05) is 0 Å². The van der Waals surface area contributed by atoms with Crippen LogP contribution in [0.25, 0.3) is 10.8 Å². The molecule has 3 aromatic rings. The van der Waals surface area contributed by atoms with Crippen LogP contribution in [0, 0.1) is 0 Å². The minimum Gasteiger partial charge on any atom is -0.333 e. The first-order chi connectivity index (χ1) is 12.5. The van der Waals surface area contributed by atoms with Gasteiger partial charge in [-0.3, -0.25) is 4.79 Å². The van der Waals surface area contributed by atoms with E-state index in [4.69, 9.17) is 28.9 Å². The summed E-state index contributed by atoms with van der Waals surface area (Å²) in [5.74, 6) is -0.0590. The van der Waals surface area contributed by atoms with Gasteiger partial charge in [0.25, 0.3) is 0 Å². The fraction of sp³-hybridized carbons (Fsp3) is 0.190. The van der Waals surface area contributed by atoms with E-state index < -0.39 is 6.04 Å². The Morgan fingerprint density at radius 2 is 1.62 bits per heavy atom. The lowest BCUT2D eigenvalue weighted by Gasteiger charge is -2.20. The summed E-state index contributed by atoms with van der Waals surface area (Å²) in [7, 11) is 0. The smallest absolute Gasteiger partial charge is 0.240 e. The van der Waals surface area contributed by atoms with Crippen LogP contribution >= 0.6 is 23.2 Å². The van der Waals surface area contributed by atoms with Gasteiger partial charge in [-0.05, 0) is 58.1 Å². The number of carbonyl (C=O) groups excluding carboxylic acids is 1. The maximum Gasteiger partial charge on any atom is 0.240 e. The van der Waals surface area contributed by atoms with Crippen LogP contribution in [0.4, 0.5) is 0 Å². The quantitative estimate of drug-likeness (QED) is 0.719. The molecular formula is C21H18Cl2N2O. The number of rotatable bonds is 3. The Hall–Kier alpha value is -2.07. The Labute approximate surface area is 162 Å². The van der Waals surface area contributed by atoms with E-state index in [-0.39, 0.29) is 5.91 Å². The van der Waals surface area contributed by atoms with E-state index in [2.05, 4.69) is 24.3 Å². The number of carbonyl (C=O) groups is 1. The number of benzene rings is 3. The van der Waals surface area contributed by atoms with Gasteiger partial charge >= 0.3 is 0 Å². The van der Waals surface area contributed by atoms with Gasteiger partial charge in [0.1, 0.15) is 0 Å².